The van der Waals surface area contributed by atoms with Crippen molar-refractivity contribution in [1.82, 2.24) is 0 Å². The van der Waals surface area contributed by atoms with Gasteiger partial charge in [-0.1, -0.05) is 94.1 Å². The van der Waals surface area contributed by atoms with Crippen LogP contribution in [0.25, 0.3) is 0 Å². The van der Waals surface area contributed by atoms with Gasteiger partial charge >= 0.3 is 0 Å². The van der Waals surface area contributed by atoms with Crippen molar-refractivity contribution in [3.05, 3.63) is 96.8 Å². The minimum Gasteiger partial charge on any atom is -0.546 e. The molecular formula is C26H32O3Si. The molecular weight excluding hydrogens is 388 g/mol. The monoisotopic (exact) mass is 420 g/mol. The lowest BCUT2D eigenvalue weighted by Crippen LogP contribution is -2.42. The van der Waals surface area contributed by atoms with E-state index in [0.717, 1.165) is 0 Å². The van der Waals surface area contributed by atoms with Gasteiger partial charge in [0.1, 0.15) is 0 Å². The lowest BCUT2D eigenvalue weighted by molar-refractivity contribution is 0.0767. The molecule has 0 amide bonds. The molecule has 2 aromatic rings. The molecule has 0 heterocycles. The fraction of sp³-hybridized carbons (Fsp3) is 0.308. The van der Waals surface area contributed by atoms with Crippen molar-refractivity contribution in [3.63, 3.8) is 0 Å². The first-order valence-corrected chi connectivity index (χ1v) is 13.1. The predicted octanol–water partition coefficient (Wildman–Crippen LogP) is 6.71. The van der Waals surface area contributed by atoms with Crippen LogP contribution in [0, 0.1) is 11.8 Å². The normalized spacial score (nSPS) is 12.9. The highest BCUT2D eigenvalue weighted by atomic mass is 28.4. The Morgan fingerprint density at radius 2 is 1.30 bits per heavy atom. The van der Waals surface area contributed by atoms with Gasteiger partial charge in [0.05, 0.1) is 11.7 Å². The van der Waals surface area contributed by atoms with Crippen molar-refractivity contribution in [1.29, 1.82) is 0 Å². The van der Waals surface area contributed by atoms with E-state index in [0.29, 0.717) is 16.9 Å². The molecule has 0 aliphatic rings. The second-order valence-electron chi connectivity index (χ2n) is 9.03. The Bertz CT molecular complexity index is 857. The molecule has 2 rings (SSSR count). The Hall–Kier alpha value is -2.72. The first-order valence-electron chi connectivity index (χ1n) is 10.2. The van der Waals surface area contributed by atoms with Gasteiger partial charge in [-0.05, 0) is 18.1 Å². The van der Waals surface area contributed by atoms with E-state index >= 15 is 0 Å². The van der Waals surface area contributed by atoms with E-state index in [1.807, 2.05) is 12.1 Å². The smallest absolute Gasteiger partial charge is 0.250 e. The molecule has 4 heteroatoms. The molecule has 2 aromatic carbocycles. The third-order valence-electron chi connectivity index (χ3n) is 5.86. The van der Waals surface area contributed by atoms with Gasteiger partial charge in [0.15, 0.2) is 11.6 Å². The van der Waals surface area contributed by atoms with E-state index in [2.05, 4.69) is 47.0 Å². The van der Waals surface area contributed by atoms with E-state index in [4.69, 9.17) is 4.43 Å². The first-order chi connectivity index (χ1) is 14.0. The summed E-state index contributed by atoms with van der Waals surface area (Å²) < 4.78 is 6.38. The molecule has 0 unspecified atom stereocenters. The third-order valence-corrected chi connectivity index (χ3v) is 10.2. The summed E-state index contributed by atoms with van der Waals surface area (Å²) in [6.45, 7) is 18.7. The van der Waals surface area contributed by atoms with Gasteiger partial charge in [0.2, 0.25) is 8.32 Å². The average molecular weight is 421 g/mol. The number of hydrogen-bond acceptors (Lipinski definition) is 3. The molecule has 0 aliphatic carbocycles. The second-order valence-corrected chi connectivity index (χ2v) is 13.8. The number of allylic oxidation sites excluding steroid dienone is 1. The maximum atomic E-state index is 13.5. The van der Waals surface area contributed by atoms with Crippen LogP contribution in [0.5, 0.6) is 0 Å². The second kappa shape index (κ2) is 9.39. The van der Waals surface area contributed by atoms with Crippen LogP contribution < -0.4 is 0 Å². The molecule has 0 aliphatic heterocycles. The minimum absolute atomic E-state index is 0.0377. The molecule has 0 N–H and O–H groups in total. The van der Waals surface area contributed by atoms with Gasteiger partial charge < -0.3 is 4.43 Å². The lowest BCUT2D eigenvalue weighted by atomic mass is 9.79. The summed E-state index contributed by atoms with van der Waals surface area (Å²) in [5, 5.41) is -0.0377. The van der Waals surface area contributed by atoms with Crippen LogP contribution in [-0.2, 0) is 4.43 Å². The van der Waals surface area contributed by atoms with Crippen LogP contribution >= 0.6 is 0 Å². The fourth-order valence-electron chi connectivity index (χ4n) is 3.01. The zero-order valence-electron chi connectivity index (χ0n) is 18.6. The highest BCUT2D eigenvalue weighted by Gasteiger charge is 2.42. The van der Waals surface area contributed by atoms with Crippen molar-refractivity contribution >= 4 is 19.9 Å². The molecule has 0 spiro atoms. The molecule has 158 valence electrons. The molecule has 0 saturated heterocycles. The molecule has 1 atom stereocenters. The fourth-order valence-corrected chi connectivity index (χ4v) is 4.11. The van der Waals surface area contributed by atoms with Crippen LogP contribution in [0.1, 0.15) is 41.5 Å². The molecule has 0 radical (unpaired) electrons. The summed E-state index contributed by atoms with van der Waals surface area (Å²) in [5.74, 6) is -1.69. The van der Waals surface area contributed by atoms with Crippen LogP contribution in [0.15, 0.2) is 85.7 Å². The van der Waals surface area contributed by atoms with Gasteiger partial charge in [-0.15, -0.1) is 6.58 Å². The zero-order valence-corrected chi connectivity index (χ0v) is 19.6. The van der Waals surface area contributed by atoms with Gasteiger partial charge in [-0.25, -0.2) is 0 Å². The zero-order chi connectivity index (χ0) is 22.5. The maximum Gasteiger partial charge on any atom is 0.250 e. The highest BCUT2D eigenvalue weighted by molar-refractivity contribution is 6.74. The summed E-state index contributed by atoms with van der Waals surface area (Å²) in [6, 6.07) is 17.8. The first kappa shape index (κ1) is 23.6. The van der Waals surface area contributed by atoms with Gasteiger partial charge in [-0.3, -0.25) is 9.59 Å². The molecule has 0 fully saturated rings. The number of carbonyl (C=O) groups is 2. The molecule has 0 aromatic heterocycles. The lowest BCUT2D eigenvalue weighted by Gasteiger charge is -2.39. The van der Waals surface area contributed by atoms with Crippen LogP contribution in [-0.4, -0.2) is 19.9 Å². The van der Waals surface area contributed by atoms with Crippen molar-refractivity contribution in [3.8, 4) is 0 Å². The van der Waals surface area contributed by atoms with Gasteiger partial charge in [-0.2, -0.15) is 0 Å². The summed E-state index contributed by atoms with van der Waals surface area (Å²) in [4.78, 5) is 26.9. The Morgan fingerprint density at radius 1 is 0.900 bits per heavy atom. The quantitative estimate of drug-likeness (QED) is 0.149. The summed E-state index contributed by atoms with van der Waals surface area (Å²) in [6.07, 6.45) is 1.61. The highest BCUT2D eigenvalue weighted by Crippen LogP contribution is 2.40. The van der Waals surface area contributed by atoms with E-state index in [1.54, 1.807) is 54.6 Å². The number of hydrogen-bond donors (Lipinski definition) is 0. The Labute approximate surface area is 181 Å². The predicted molar refractivity (Wildman–Crippen MR) is 126 cm³/mol. The van der Waals surface area contributed by atoms with E-state index < -0.39 is 20.2 Å². The standard InChI is InChI=1S/C26H32O3Si/c1-8-22(19(2)29-30(6,7)26(3,4)5)23(24(27)20-15-11-9-12-16-20)25(28)21-17-13-10-14-18-21/h8-18,22-23H,1-2H2,3-7H3/t22-/m1/s1. The van der Waals surface area contributed by atoms with Crippen molar-refractivity contribution < 1.29 is 14.0 Å². The molecule has 3 nitrogen and oxygen atoms in total. The van der Waals surface area contributed by atoms with Gasteiger partial charge in [0.25, 0.3) is 0 Å². The SMILES string of the molecule is C=C[C@H](C(=C)O[Si](C)(C)C(C)(C)C)C(C(=O)c1ccccc1)C(=O)c1ccccc1. The number of Topliss-reactive ketones (excluding diaryl/α,β-unsaturated/α-hetero) is 2. The van der Waals surface area contributed by atoms with Gasteiger partial charge in [0, 0.05) is 17.0 Å². The van der Waals surface area contributed by atoms with E-state index in [-0.39, 0.29) is 16.6 Å². The summed E-state index contributed by atoms with van der Waals surface area (Å²) in [7, 11) is -2.19. The average Bonchev–Trinajstić information content (AvgIpc) is 2.71. The van der Waals surface area contributed by atoms with Crippen LogP contribution in [0.4, 0.5) is 0 Å². The molecule has 0 saturated carbocycles. The van der Waals surface area contributed by atoms with Crippen LogP contribution in [0.2, 0.25) is 18.1 Å². The van der Waals surface area contributed by atoms with Crippen molar-refractivity contribution in [2.75, 3.05) is 0 Å². The Balaban J connectivity index is 2.48. The number of ketones is 2. The summed E-state index contributed by atoms with van der Waals surface area (Å²) in [5.41, 5.74) is 0.970. The number of rotatable bonds is 9. The van der Waals surface area contributed by atoms with E-state index in [9.17, 15) is 9.59 Å². The maximum absolute atomic E-state index is 13.5. The number of carbonyl (C=O) groups excluding carboxylic acids is 2. The Morgan fingerprint density at radius 3 is 1.63 bits per heavy atom. The molecule has 0 bridgehead atoms. The van der Waals surface area contributed by atoms with Crippen molar-refractivity contribution in [2.45, 2.75) is 38.9 Å². The van der Waals surface area contributed by atoms with E-state index in [1.165, 1.54) is 0 Å². The minimum atomic E-state index is -2.19. The topological polar surface area (TPSA) is 43.4 Å². The molecule has 30 heavy (non-hydrogen) atoms. The number of benzene rings is 2. The third kappa shape index (κ3) is 5.25. The van der Waals surface area contributed by atoms with Crippen LogP contribution in [0.3, 0.4) is 0 Å². The largest absolute Gasteiger partial charge is 0.546 e. The van der Waals surface area contributed by atoms with Crippen molar-refractivity contribution in [2.24, 2.45) is 11.8 Å². The summed E-state index contributed by atoms with van der Waals surface area (Å²) >= 11 is 0. The Kier molecular flexibility index (Phi) is 7.38.